The SMILES string of the molecule is CCCOC(=O)c1ccc(CN2C(=O)C(Cl)=C(Nc3cccc(F)c3)C2=O)cc1. The highest BCUT2D eigenvalue weighted by Gasteiger charge is 2.37. The molecular formula is C21H18ClFN2O4. The van der Waals surface area contributed by atoms with Gasteiger partial charge in [0.05, 0.1) is 18.7 Å². The van der Waals surface area contributed by atoms with E-state index >= 15 is 0 Å². The Morgan fingerprint density at radius 2 is 1.86 bits per heavy atom. The van der Waals surface area contributed by atoms with E-state index < -0.39 is 23.6 Å². The molecule has 8 heteroatoms. The van der Waals surface area contributed by atoms with Crippen LogP contribution in [0.15, 0.2) is 59.3 Å². The van der Waals surface area contributed by atoms with Crippen molar-refractivity contribution in [2.75, 3.05) is 11.9 Å². The van der Waals surface area contributed by atoms with E-state index in [1.807, 2.05) is 6.92 Å². The van der Waals surface area contributed by atoms with Crippen molar-refractivity contribution in [2.45, 2.75) is 19.9 Å². The molecule has 1 N–H and O–H groups in total. The molecule has 1 heterocycles. The molecule has 0 unspecified atom stereocenters. The average Bonchev–Trinajstić information content (AvgIpc) is 2.91. The van der Waals surface area contributed by atoms with Gasteiger partial charge >= 0.3 is 5.97 Å². The van der Waals surface area contributed by atoms with Gasteiger partial charge in [-0.1, -0.05) is 36.7 Å². The second-order valence-corrected chi connectivity index (χ2v) is 6.73. The number of anilines is 1. The lowest BCUT2D eigenvalue weighted by Gasteiger charge is -2.15. The first kappa shape index (κ1) is 20.5. The number of hydrogen-bond donors (Lipinski definition) is 1. The summed E-state index contributed by atoms with van der Waals surface area (Å²) < 4.78 is 18.4. The molecule has 0 bridgehead atoms. The minimum atomic E-state index is -0.651. The maximum atomic E-state index is 13.4. The van der Waals surface area contributed by atoms with Crippen molar-refractivity contribution < 1.29 is 23.5 Å². The Morgan fingerprint density at radius 3 is 2.52 bits per heavy atom. The van der Waals surface area contributed by atoms with Crippen molar-refractivity contribution in [3.63, 3.8) is 0 Å². The number of ether oxygens (including phenoxy) is 1. The second-order valence-electron chi connectivity index (χ2n) is 6.35. The van der Waals surface area contributed by atoms with Crippen LogP contribution >= 0.6 is 11.6 Å². The van der Waals surface area contributed by atoms with E-state index in [1.54, 1.807) is 30.3 Å². The standard InChI is InChI=1S/C21H18ClFN2O4/c1-2-10-29-21(28)14-8-6-13(7-9-14)12-25-19(26)17(22)18(20(25)27)24-16-5-3-4-15(23)11-16/h3-9,11,24H,2,10,12H2,1H3. The number of imide groups is 1. The van der Waals surface area contributed by atoms with E-state index in [2.05, 4.69) is 5.32 Å². The average molecular weight is 417 g/mol. The maximum Gasteiger partial charge on any atom is 0.338 e. The van der Waals surface area contributed by atoms with Crippen molar-refractivity contribution in [1.82, 2.24) is 4.90 Å². The van der Waals surface area contributed by atoms with Crippen LogP contribution in [0.3, 0.4) is 0 Å². The number of carbonyl (C=O) groups excluding carboxylic acids is 3. The van der Waals surface area contributed by atoms with Gasteiger partial charge in [0.15, 0.2) is 0 Å². The van der Waals surface area contributed by atoms with Crippen molar-refractivity contribution >= 4 is 35.1 Å². The highest BCUT2D eigenvalue weighted by Crippen LogP contribution is 2.27. The van der Waals surface area contributed by atoms with Crippen LogP contribution in [0.2, 0.25) is 0 Å². The Labute approximate surface area is 171 Å². The summed E-state index contributed by atoms with van der Waals surface area (Å²) in [5, 5.41) is 2.44. The first-order chi connectivity index (χ1) is 13.9. The van der Waals surface area contributed by atoms with Crippen molar-refractivity contribution in [1.29, 1.82) is 0 Å². The summed E-state index contributed by atoms with van der Waals surface area (Å²) in [5.74, 6) is -2.19. The predicted molar refractivity (Wildman–Crippen MR) is 105 cm³/mol. The van der Waals surface area contributed by atoms with Crippen LogP contribution in [0.5, 0.6) is 0 Å². The molecule has 3 rings (SSSR count). The van der Waals surface area contributed by atoms with E-state index in [9.17, 15) is 18.8 Å². The summed E-state index contributed by atoms with van der Waals surface area (Å²) in [5.41, 5.74) is 1.21. The fraction of sp³-hybridized carbons (Fsp3) is 0.190. The van der Waals surface area contributed by atoms with E-state index in [-0.39, 0.29) is 17.3 Å². The number of amides is 2. The molecule has 0 spiro atoms. The van der Waals surface area contributed by atoms with Gasteiger partial charge in [-0.15, -0.1) is 0 Å². The molecule has 0 atom stereocenters. The van der Waals surface area contributed by atoms with E-state index in [4.69, 9.17) is 16.3 Å². The zero-order valence-corrected chi connectivity index (χ0v) is 16.3. The van der Waals surface area contributed by atoms with Gasteiger partial charge in [-0.05, 0) is 42.3 Å². The zero-order valence-electron chi connectivity index (χ0n) is 15.6. The van der Waals surface area contributed by atoms with Crippen LogP contribution in [0.1, 0.15) is 29.3 Å². The molecule has 0 aliphatic carbocycles. The van der Waals surface area contributed by atoms with Gasteiger partial charge in [0.25, 0.3) is 11.8 Å². The fourth-order valence-electron chi connectivity index (χ4n) is 2.72. The molecule has 0 fully saturated rings. The highest BCUT2D eigenvalue weighted by atomic mass is 35.5. The van der Waals surface area contributed by atoms with Gasteiger partial charge in [0.1, 0.15) is 16.5 Å². The summed E-state index contributed by atoms with van der Waals surface area (Å²) in [4.78, 5) is 37.9. The van der Waals surface area contributed by atoms with Gasteiger partial charge in [0.2, 0.25) is 0 Å². The number of esters is 1. The topological polar surface area (TPSA) is 75.7 Å². The first-order valence-corrected chi connectivity index (χ1v) is 9.33. The summed E-state index contributed by atoms with van der Waals surface area (Å²) in [6.45, 7) is 2.21. The summed E-state index contributed by atoms with van der Waals surface area (Å²) >= 11 is 6.04. The molecule has 29 heavy (non-hydrogen) atoms. The van der Waals surface area contributed by atoms with Gasteiger partial charge in [-0.25, -0.2) is 9.18 Å². The summed E-state index contributed by atoms with van der Waals surface area (Å²) in [7, 11) is 0. The van der Waals surface area contributed by atoms with Crippen molar-refractivity contribution in [2.24, 2.45) is 0 Å². The van der Waals surface area contributed by atoms with Crippen LogP contribution in [-0.4, -0.2) is 29.3 Å². The lowest BCUT2D eigenvalue weighted by Crippen LogP contribution is -2.31. The lowest BCUT2D eigenvalue weighted by molar-refractivity contribution is -0.138. The highest BCUT2D eigenvalue weighted by molar-refractivity contribution is 6.48. The van der Waals surface area contributed by atoms with E-state index in [1.165, 1.54) is 18.2 Å². The lowest BCUT2D eigenvalue weighted by atomic mass is 10.1. The fourth-order valence-corrected chi connectivity index (χ4v) is 2.95. The van der Waals surface area contributed by atoms with Crippen LogP contribution in [0.25, 0.3) is 0 Å². The number of rotatable bonds is 7. The van der Waals surface area contributed by atoms with Gasteiger partial charge in [-0.3, -0.25) is 14.5 Å². The molecule has 1 aliphatic heterocycles. The molecule has 150 valence electrons. The van der Waals surface area contributed by atoms with E-state index in [0.29, 0.717) is 23.4 Å². The summed E-state index contributed by atoms with van der Waals surface area (Å²) in [6.07, 6.45) is 0.725. The minimum Gasteiger partial charge on any atom is -0.462 e. The van der Waals surface area contributed by atoms with Gasteiger partial charge in [0, 0.05) is 5.69 Å². The third-order valence-electron chi connectivity index (χ3n) is 4.17. The molecule has 1 aliphatic rings. The monoisotopic (exact) mass is 416 g/mol. The Hall–Kier alpha value is -3.19. The molecular weight excluding hydrogens is 399 g/mol. The molecule has 0 saturated heterocycles. The third kappa shape index (κ3) is 4.63. The molecule has 0 aromatic heterocycles. The molecule has 2 aromatic rings. The molecule has 0 radical (unpaired) electrons. The smallest absolute Gasteiger partial charge is 0.338 e. The normalized spacial score (nSPS) is 13.8. The zero-order chi connectivity index (χ0) is 21.0. The largest absolute Gasteiger partial charge is 0.462 e. The summed E-state index contributed by atoms with van der Waals surface area (Å²) in [6, 6.07) is 11.9. The molecule has 2 amide bonds. The first-order valence-electron chi connectivity index (χ1n) is 8.95. The Morgan fingerprint density at radius 1 is 1.14 bits per heavy atom. The molecule has 6 nitrogen and oxygen atoms in total. The molecule has 0 saturated carbocycles. The molecule has 2 aromatic carbocycles. The van der Waals surface area contributed by atoms with Crippen molar-refractivity contribution in [3.05, 3.63) is 76.2 Å². The van der Waals surface area contributed by atoms with Gasteiger partial charge in [-0.2, -0.15) is 0 Å². The minimum absolute atomic E-state index is 0.0213. The number of benzene rings is 2. The Bertz CT molecular complexity index is 988. The number of halogens is 2. The Balaban J connectivity index is 1.70. The maximum absolute atomic E-state index is 13.4. The number of nitrogens with one attached hydrogen (secondary N) is 1. The number of hydrogen-bond acceptors (Lipinski definition) is 5. The second kappa shape index (κ2) is 8.87. The van der Waals surface area contributed by atoms with E-state index in [0.717, 1.165) is 11.3 Å². The Kier molecular flexibility index (Phi) is 6.29. The van der Waals surface area contributed by atoms with Gasteiger partial charge < -0.3 is 10.1 Å². The number of carbonyl (C=O) groups is 3. The van der Waals surface area contributed by atoms with Crippen molar-refractivity contribution in [3.8, 4) is 0 Å². The quantitative estimate of drug-likeness (QED) is 0.548. The predicted octanol–water partition coefficient (Wildman–Crippen LogP) is 3.82. The number of nitrogens with zero attached hydrogens (tertiary/aromatic N) is 1. The van der Waals surface area contributed by atoms with Crippen LogP contribution in [0, 0.1) is 5.82 Å². The van der Waals surface area contributed by atoms with Crippen LogP contribution in [-0.2, 0) is 20.9 Å². The third-order valence-corrected chi connectivity index (χ3v) is 4.52. The van der Waals surface area contributed by atoms with Crippen LogP contribution < -0.4 is 5.32 Å². The van der Waals surface area contributed by atoms with Crippen LogP contribution in [0.4, 0.5) is 10.1 Å².